The van der Waals surface area contributed by atoms with Crippen molar-refractivity contribution >= 4 is 17.2 Å². The minimum absolute atomic E-state index is 0.0601. The molecule has 1 aliphatic rings. The highest BCUT2D eigenvalue weighted by molar-refractivity contribution is 7.09. The van der Waals surface area contributed by atoms with E-state index in [-0.39, 0.29) is 5.91 Å². The second-order valence-corrected chi connectivity index (χ2v) is 8.65. The molecule has 0 saturated carbocycles. The summed E-state index contributed by atoms with van der Waals surface area (Å²) in [6, 6.07) is 13.7. The van der Waals surface area contributed by atoms with Gasteiger partial charge in [0.25, 0.3) is 0 Å². The molecule has 1 fully saturated rings. The van der Waals surface area contributed by atoms with Gasteiger partial charge in [-0.25, -0.2) is 4.98 Å². The third kappa shape index (κ3) is 4.75. The molecule has 3 heterocycles. The van der Waals surface area contributed by atoms with Crippen LogP contribution >= 0.6 is 11.3 Å². The summed E-state index contributed by atoms with van der Waals surface area (Å²) < 4.78 is 0. The molecule has 1 aromatic carbocycles. The molecule has 7 heteroatoms. The second kappa shape index (κ2) is 9.47. The number of hydrogen-bond acceptors (Lipinski definition) is 6. The van der Waals surface area contributed by atoms with E-state index >= 15 is 0 Å². The van der Waals surface area contributed by atoms with Crippen LogP contribution in [0, 0.1) is 0 Å². The van der Waals surface area contributed by atoms with Crippen molar-refractivity contribution in [1.82, 2.24) is 20.2 Å². The highest BCUT2D eigenvalue weighted by atomic mass is 32.1. The number of likely N-dealkylation sites (tertiary alicyclic amines) is 1. The Morgan fingerprint density at radius 1 is 1.23 bits per heavy atom. The fourth-order valence-corrected chi connectivity index (χ4v) is 4.72. The number of aryl methyl sites for hydroxylation is 1. The number of nitrogens with one attached hydrogen (secondary N) is 1. The fraction of sp³-hybridized carbons (Fsp3) is 0.348. The zero-order valence-corrected chi connectivity index (χ0v) is 17.6. The zero-order chi connectivity index (χ0) is 20.8. The van der Waals surface area contributed by atoms with Crippen LogP contribution in [-0.4, -0.2) is 45.1 Å². The third-order valence-electron chi connectivity index (χ3n) is 5.68. The van der Waals surface area contributed by atoms with Crippen molar-refractivity contribution in [2.45, 2.75) is 37.5 Å². The van der Waals surface area contributed by atoms with Crippen LogP contribution in [0.2, 0.25) is 0 Å². The first-order chi connectivity index (χ1) is 14.7. The van der Waals surface area contributed by atoms with Crippen molar-refractivity contribution in [2.75, 3.05) is 13.1 Å². The normalized spacial score (nSPS) is 22.0. The lowest BCUT2D eigenvalue weighted by atomic mass is 9.78. The van der Waals surface area contributed by atoms with Gasteiger partial charge in [0.05, 0.1) is 18.2 Å². The number of aliphatic hydroxyl groups is 1. The average molecular weight is 423 g/mol. The van der Waals surface area contributed by atoms with Crippen LogP contribution in [0.25, 0.3) is 0 Å². The van der Waals surface area contributed by atoms with Crippen molar-refractivity contribution in [3.63, 3.8) is 0 Å². The highest BCUT2D eigenvalue weighted by Gasteiger charge is 2.44. The summed E-state index contributed by atoms with van der Waals surface area (Å²) in [6.45, 7) is 1.97. The predicted molar refractivity (Wildman–Crippen MR) is 117 cm³/mol. The summed E-state index contributed by atoms with van der Waals surface area (Å²) in [5.74, 6) is -0.0601. The average Bonchev–Trinajstić information content (AvgIpc) is 3.29. The number of carbonyl (C=O) groups is 1. The van der Waals surface area contributed by atoms with Gasteiger partial charge < -0.3 is 10.4 Å². The maximum absolute atomic E-state index is 12.9. The number of pyridine rings is 1. The van der Waals surface area contributed by atoms with Crippen LogP contribution < -0.4 is 5.32 Å². The van der Waals surface area contributed by atoms with Gasteiger partial charge in [0, 0.05) is 43.5 Å². The first-order valence-electron chi connectivity index (χ1n) is 10.2. The lowest BCUT2D eigenvalue weighted by Gasteiger charge is -2.46. The van der Waals surface area contributed by atoms with Crippen LogP contribution in [0.4, 0.5) is 0 Å². The van der Waals surface area contributed by atoms with Gasteiger partial charge in [-0.15, -0.1) is 11.3 Å². The molecule has 156 valence electrons. The van der Waals surface area contributed by atoms with Gasteiger partial charge >= 0.3 is 0 Å². The van der Waals surface area contributed by atoms with Crippen LogP contribution in [0.5, 0.6) is 0 Å². The number of piperidine rings is 1. The Hall–Kier alpha value is -2.61. The molecule has 1 saturated heterocycles. The first kappa shape index (κ1) is 20.7. The molecule has 2 aromatic heterocycles. The van der Waals surface area contributed by atoms with E-state index in [4.69, 9.17) is 0 Å². The largest absolute Gasteiger partial charge is 0.389 e. The molecule has 2 N–H and O–H groups in total. The number of nitrogens with zero attached hydrogens (tertiary/aromatic N) is 3. The van der Waals surface area contributed by atoms with Gasteiger partial charge in [0.2, 0.25) is 5.91 Å². The molecule has 6 nitrogen and oxygen atoms in total. The summed E-state index contributed by atoms with van der Waals surface area (Å²) in [5.41, 5.74) is 1.19. The van der Waals surface area contributed by atoms with E-state index in [1.54, 1.807) is 29.9 Å². The Balaban J connectivity index is 1.47. The fourth-order valence-electron chi connectivity index (χ4n) is 4.06. The van der Waals surface area contributed by atoms with Crippen LogP contribution in [0.1, 0.15) is 29.0 Å². The number of rotatable bonds is 7. The molecule has 0 unspecified atom stereocenters. The number of hydrogen-bond donors (Lipinski definition) is 2. The van der Waals surface area contributed by atoms with Crippen LogP contribution in [0.3, 0.4) is 0 Å². The molecule has 1 amide bonds. The molecular weight excluding hydrogens is 396 g/mol. The van der Waals surface area contributed by atoms with Crippen molar-refractivity contribution < 1.29 is 9.90 Å². The molecule has 0 bridgehead atoms. The van der Waals surface area contributed by atoms with E-state index in [1.807, 2.05) is 47.8 Å². The van der Waals surface area contributed by atoms with Gasteiger partial charge in [-0.05, 0) is 30.0 Å². The van der Waals surface area contributed by atoms with E-state index in [1.165, 1.54) is 0 Å². The first-order valence-corrected chi connectivity index (χ1v) is 11.1. The standard InChI is InChI=1S/C23H26N4O2S/c28-20-16-27(17-22-25-12-14-30-22)13-10-23(20,19-6-2-1-3-7-19)26-21(29)9-8-18-5-4-11-24-15-18/h1-7,11-12,14-15,20,28H,8-10,13,16-17H2,(H,26,29)/t20-,23+/m1/s1. The van der Waals surface area contributed by atoms with Crippen molar-refractivity contribution in [2.24, 2.45) is 0 Å². The molecular formula is C23H26N4O2S. The van der Waals surface area contributed by atoms with Crippen molar-refractivity contribution in [3.05, 3.63) is 82.6 Å². The number of benzene rings is 1. The van der Waals surface area contributed by atoms with Gasteiger partial charge in [0.15, 0.2) is 0 Å². The summed E-state index contributed by atoms with van der Waals surface area (Å²) in [4.78, 5) is 23.5. The van der Waals surface area contributed by atoms with Crippen molar-refractivity contribution in [1.29, 1.82) is 0 Å². The lowest BCUT2D eigenvalue weighted by Crippen LogP contribution is -2.61. The number of amides is 1. The molecule has 2 atom stereocenters. The molecule has 0 aliphatic carbocycles. The summed E-state index contributed by atoms with van der Waals surface area (Å²) in [6.07, 6.45) is 6.22. The quantitative estimate of drug-likeness (QED) is 0.612. The molecule has 3 aromatic rings. The summed E-state index contributed by atoms with van der Waals surface area (Å²) >= 11 is 1.62. The number of thiazole rings is 1. The van der Waals surface area contributed by atoms with E-state index in [2.05, 4.69) is 20.2 Å². The number of β-amino-alcohol motifs (C(OH)–C–C–N with tert-alkyl or cyclic N) is 1. The molecule has 4 rings (SSSR count). The zero-order valence-electron chi connectivity index (χ0n) is 16.8. The lowest BCUT2D eigenvalue weighted by molar-refractivity contribution is -0.127. The molecule has 0 spiro atoms. The maximum Gasteiger partial charge on any atom is 0.221 e. The highest BCUT2D eigenvalue weighted by Crippen LogP contribution is 2.34. The SMILES string of the molecule is O=C(CCc1cccnc1)N[C@]1(c2ccccc2)CCN(Cc2nccs2)C[C@H]1O. The van der Waals surface area contributed by atoms with Crippen molar-refractivity contribution in [3.8, 4) is 0 Å². The Labute approximate surface area is 180 Å². The third-order valence-corrected chi connectivity index (χ3v) is 6.44. The number of aliphatic hydroxyl groups excluding tert-OH is 1. The van der Waals surface area contributed by atoms with Gasteiger partial charge in [-0.3, -0.25) is 14.7 Å². The number of aromatic nitrogens is 2. The van der Waals surface area contributed by atoms with Gasteiger partial charge in [-0.1, -0.05) is 36.4 Å². The van der Waals surface area contributed by atoms with Gasteiger partial charge in [0.1, 0.15) is 5.01 Å². The number of carbonyl (C=O) groups excluding carboxylic acids is 1. The van der Waals surface area contributed by atoms with Crippen LogP contribution in [-0.2, 0) is 23.3 Å². The minimum atomic E-state index is -0.785. The van der Waals surface area contributed by atoms with Crippen LogP contribution in [0.15, 0.2) is 66.4 Å². The van der Waals surface area contributed by atoms with E-state index < -0.39 is 11.6 Å². The van der Waals surface area contributed by atoms with E-state index in [0.717, 1.165) is 22.7 Å². The molecule has 30 heavy (non-hydrogen) atoms. The topological polar surface area (TPSA) is 78.4 Å². The summed E-state index contributed by atoms with van der Waals surface area (Å²) in [5, 5.41) is 17.4. The Kier molecular flexibility index (Phi) is 6.52. The van der Waals surface area contributed by atoms with Gasteiger partial charge in [-0.2, -0.15) is 0 Å². The molecule has 1 aliphatic heterocycles. The predicted octanol–water partition coefficient (Wildman–Crippen LogP) is 2.75. The molecule has 0 radical (unpaired) electrons. The Morgan fingerprint density at radius 3 is 2.80 bits per heavy atom. The van der Waals surface area contributed by atoms with E-state index in [9.17, 15) is 9.90 Å². The summed E-state index contributed by atoms with van der Waals surface area (Å²) in [7, 11) is 0. The Bertz CT molecular complexity index is 936. The van der Waals surface area contributed by atoms with E-state index in [0.29, 0.717) is 32.4 Å². The minimum Gasteiger partial charge on any atom is -0.389 e. The maximum atomic E-state index is 12.9. The smallest absolute Gasteiger partial charge is 0.221 e. The Morgan fingerprint density at radius 2 is 2.10 bits per heavy atom. The second-order valence-electron chi connectivity index (χ2n) is 7.67. The monoisotopic (exact) mass is 422 g/mol.